The summed E-state index contributed by atoms with van der Waals surface area (Å²) in [5, 5.41) is 16.4. The van der Waals surface area contributed by atoms with Gasteiger partial charge in [-0.15, -0.1) is 0 Å². The minimum atomic E-state index is -1.20. The number of aliphatic carboxylic acids is 1. The SMILES string of the molecule is CCC(C)C(NC(=O)C(N)CS)C(=O)NC(Cc1ccccc1)C(=O)NCC(=O)O. The molecule has 166 valence electrons. The molecule has 0 heterocycles. The van der Waals surface area contributed by atoms with E-state index >= 15 is 0 Å². The van der Waals surface area contributed by atoms with Gasteiger partial charge in [-0.2, -0.15) is 12.6 Å². The van der Waals surface area contributed by atoms with Crippen LogP contribution in [0.3, 0.4) is 0 Å². The number of carbonyl (C=O) groups is 4. The first-order chi connectivity index (χ1) is 14.2. The number of amides is 3. The van der Waals surface area contributed by atoms with Gasteiger partial charge in [-0.25, -0.2) is 0 Å². The van der Waals surface area contributed by atoms with E-state index in [0.29, 0.717) is 6.42 Å². The smallest absolute Gasteiger partial charge is 0.322 e. The van der Waals surface area contributed by atoms with E-state index in [2.05, 4.69) is 28.6 Å². The van der Waals surface area contributed by atoms with E-state index in [4.69, 9.17) is 10.8 Å². The van der Waals surface area contributed by atoms with Crippen LogP contribution in [0.1, 0.15) is 25.8 Å². The van der Waals surface area contributed by atoms with Crippen LogP contribution in [0, 0.1) is 5.92 Å². The summed E-state index contributed by atoms with van der Waals surface area (Å²) in [5.74, 6) is -2.99. The highest BCUT2D eigenvalue weighted by Gasteiger charge is 2.31. The van der Waals surface area contributed by atoms with Crippen molar-refractivity contribution >= 4 is 36.3 Å². The summed E-state index contributed by atoms with van der Waals surface area (Å²) in [4.78, 5) is 48.4. The molecule has 30 heavy (non-hydrogen) atoms. The van der Waals surface area contributed by atoms with Crippen molar-refractivity contribution in [2.75, 3.05) is 12.3 Å². The zero-order chi connectivity index (χ0) is 22.7. The Labute approximate surface area is 181 Å². The van der Waals surface area contributed by atoms with Gasteiger partial charge in [0.05, 0.1) is 6.04 Å². The van der Waals surface area contributed by atoms with Crippen molar-refractivity contribution < 1.29 is 24.3 Å². The van der Waals surface area contributed by atoms with Crippen LogP contribution in [0.4, 0.5) is 0 Å². The highest BCUT2D eigenvalue weighted by molar-refractivity contribution is 7.80. The Morgan fingerprint density at radius 1 is 1.07 bits per heavy atom. The summed E-state index contributed by atoms with van der Waals surface area (Å²) in [6.07, 6.45) is 0.762. The third kappa shape index (κ3) is 8.42. The Morgan fingerprint density at radius 3 is 2.23 bits per heavy atom. The van der Waals surface area contributed by atoms with E-state index in [0.717, 1.165) is 5.56 Å². The first-order valence-electron chi connectivity index (χ1n) is 9.70. The van der Waals surface area contributed by atoms with Crippen molar-refractivity contribution in [1.82, 2.24) is 16.0 Å². The predicted molar refractivity (Wildman–Crippen MR) is 116 cm³/mol. The van der Waals surface area contributed by atoms with Crippen molar-refractivity contribution in [3.63, 3.8) is 0 Å². The number of thiol groups is 1. The van der Waals surface area contributed by atoms with Gasteiger partial charge >= 0.3 is 5.97 Å². The van der Waals surface area contributed by atoms with E-state index in [1.165, 1.54) is 0 Å². The molecule has 0 spiro atoms. The summed E-state index contributed by atoms with van der Waals surface area (Å²) in [5.41, 5.74) is 6.47. The molecule has 0 aliphatic heterocycles. The maximum absolute atomic E-state index is 13.0. The lowest BCUT2D eigenvalue weighted by molar-refractivity contribution is -0.138. The summed E-state index contributed by atoms with van der Waals surface area (Å²) in [6.45, 7) is 3.10. The van der Waals surface area contributed by atoms with Crippen molar-refractivity contribution in [2.24, 2.45) is 11.7 Å². The highest BCUT2D eigenvalue weighted by atomic mass is 32.1. The van der Waals surface area contributed by atoms with Gasteiger partial charge in [-0.1, -0.05) is 50.6 Å². The summed E-state index contributed by atoms with van der Waals surface area (Å²) < 4.78 is 0. The number of carbonyl (C=O) groups excluding carboxylic acids is 3. The van der Waals surface area contributed by atoms with Gasteiger partial charge in [0, 0.05) is 12.2 Å². The molecule has 0 aliphatic rings. The molecule has 0 saturated carbocycles. The largest absolute Gasteiger partial charge is 0.480 e. The molecule has 0 bridgehead atoms. The Hall–Kier alpha value is -2.59. The van der Waals surface area contributed by atoms with Crippen LogP contribution >= 0.6 is 12.6 Å². The number of nitrogens with two attached hydrogens (primary N) is 1. The molecular formula is C20H30N4O5S. The summed E-state index contributed by atoms with van der Waals surface area (Å²) in [6, 6.07) is 6.22. The number of carboxylic acid groups (broad SMARTS) is 1. The van der Waals surface area contributed by atoms with Crippen molar-refractivity contribution in [3.8, 4) is 0 Å². The standard InChI is InChI=1S/C20H30N4O5S/c1-3-12(2)17(24-18(27)14(21)11-30)20(29)23-15(19(28)22-10-16(25)26)9-13-7-5-4-6-8-13/h4-8,12,14-15,17,30H,3,9-11,21H2,1-2H3,(H,22,28)(H,23,29)(H,24,27)(H,25,26). The van der Waals surface area contributed by atoms with Crippen molar-refractivity contribution in [1.29, 1.82) is 0 Å². The van der Waals surface area contributed by atoms with E-state index < -0.39 is 48.4 Å². The molecule has 4 atom stereocenters. The molecule has 1 rings (SSSR count). The number of carboxylic acids is 1. The molecule has 0 radical (unpaired) electrons. The highest BCUT2D eigenvalue weighted by Crippen LogP contribution is 2.10. The minimum Gasteiger partial charge on any atom is -0.480 e. The third-order valence-corrected chi connectivity index (χ3v) is 5.05. The van der Waals surface area contributed by atoms with Gasteiger partial charge in [-0.05, 0) is 11.5 Å². The first-order valence-corrected chi connectivity index (χ1v) is 10.3. The van der Waals surface area contributed by atoms with E-state index in [1.807, 2.05) is 13.0 Å². The van der Waals surface area contributed by atoms with E-state index in [9.17, 15) is 19.2 Å². The second-order valence-electron chi connectivity index (χ2n) is 7.02. The van der Waals surface area contributed by atoms with Crippen molar-refractivity contribution in [3.05, 3.63) is 35.9 Å². The fraction of sp³-hybridized carbons (Fsp3) is 0.500. The summed E-state index contributed by atoms with van der Waals surface area (Å²) in [7, 11) is 0. The third-order valence-electron chi connectivity index (χ3n) is 4.66. The molecule has 0 saturated heterocycles. The minimum absolute atomic E-state index is 0.120. The van der Waals surface area contributed by atoms with Crippen molar-refractivity contribution in [2.45, 2.75) is 44.8 Å². The van der Waals surface area contributed by atoms with Gasteiger partial charge in [-0.3, -0.25) is 19.2 Å². The molecule has 0 aromatic heterocycles. The maximum Gasteiger partial charge on any atom is 0.322 e. The molecule has 10 heteroatoms. The topological polar surface area (TPSA) is 151 Å². The maximum atomic E-state index is 13.0. The fourth-order valence-corrected chi connectivity index (χ4v) is 2.82. The van der Waals surface area contributed by atoms with Crippen LogP contribution in [-0.4, -0.2) is 59.2 Å². The molecule has 3 amide bonds. The average molecular weight is 439 g/mol. The molecule has 0 aliphatic carbocycles. The fourth-order valence-electron chi connectivity index (χ4n) is 2.65. The lowest BCUT2D eigenvalue weighted by atomic mass is 9.97. The molecule has 6 N–H and O–H groups in total. The van der Waals surface area contributed by atoms with Crippen LogP contribution in [0.15, 0.2) is 30.3 Å². The predicted octanol–water partition coefficient (Wildman–Crippen LogP) is -0.297. The van der Waals surface area contributed by atoms with Crippen LogP contribution in [0.25, 0.3) is 0 Å². The van der Waals surface area contributed by atoms with Crippen LogP contribution in [0.2, 0.25) is 0 Å². The van der Waals surface area contributed by atoms with Gasteiger partial charge < -0.3 is 26.8 Å². The van der Waals surface area contributed by atoms with E-state index in [-0.39, 0.29) is 18.1 Å². The zero-order valence-corrected chi connectivity index (χ0v) is 18.0. The number of hydrogen-bond donors (Lipinski definition) is 6. The molecule has 1 aromatic carbocycles. The molecule has 1 aromatic rings. The second kappa shape index (κ2) is 12.9. The lowest BCUT2D eigenvalue weighted by Gasteiger charge is -2.27. The van der Waals surface area contributed by atoms with Gasteiger partial charge in [0.15, 0.2) is 0 Å². The number of nitrogens with one attached hydrogen (secondary N) is 3. The Bertz CT molecular complexity index is 731. The molecule has 9 nitrogen and oxygen atoms in total. The van der Waals surface area contributed by atoms with Gasteiger partial charge in [0.2, 0.25) is 17.7 Å². The van der Waals surface area contributed by atoms with Crippen LogP contribution in [-0.2, 0) is 25.6 Å². The second-order valence-corrected chi connectivity index (χ2v) is 7.39. The van der Waals surface area contributed by atoms with Gasteiger partial charge in [0.1, 0.15) is 18.6 Å². The number of benzene rings is 1. The van der Waals surface area contributed by atoms with Crippen LogP contribution in [0.5, 0.6) is 0 Å². The van der Waals surface area contributed by atoms with E-state index in [1.54, 1.807) is 31.2 Å². The summed E-state index contributed by atoms with van der Waals surface area (Å²) >= 11 is 3.99. The first kappa shape index (κ1) is 25.4. The number of rotatable bonds is 12. The molecule has 4 unspecified atom stereocenters. The Kier molecular flexibility index (Phi) is 10.9. The Morgan fingerprint density at radius 2 is 1.70 bits per heavy atom. The normalized spacial score (nSPS) is 14.7. The quantitative estimate of drug-likeness (QED) is 0.247. The Balaban J connectivity index is 3.00. The molecule has 0 fully saturated rings. The zero-order valence-electron chi connectivity index (χ0n) is 17.1. The average Bonchev–Trinajstić information content (AvgIpc) is 2.74. The number of hydrogen-bond acceptors (Lipinski definition) is 6. The monoisotopic (exact) mass is 438 g/mol. The van der Waals surface area contributed by atoms with Gasteiger partial charge in [0.25, 0.3) is 0 Å². The molecular weight excluding hydrogens is 408 g/mol. The lowest BCUT2D eigenvalue weighted by Crippen LogP contribution is -2.58. The van der Waals surface area contributed by atoms with Crippen LogP contribution < -0.4 is 21.7 Å².